The Labute approximate surface area is 99.6 Å². The van der Waals surface area contributed by atoms with Gasteiger partial charge in [0.25, 0.3) is 0 Å². The number of carboxylic acids is 1. The Kier molecular flexibility index (Phi) is 3.89. The molecule has 1 rings (SSSR count). The van der Waals surface area contributed by atoms with E-state index in [0.717, 1.165) is 19.2 Å². The maximum atomic E-state index is 12.2. The summed E-state index contributed by atoms with van der Waals surface area (Å²) in [5.41, 5.74) is -1.09. The summed E-state index contributed by atoms with van der Waals surface area (Å²) in [5, 5.41) is 10.7. The average molecular weight is 262 g/mol. The van der Waals surface area contributed by atoms with Gasteiger partial charge >= 0.3 is 12.1 Å². The van der Waals surface area contributed by atoms with Gasteiger partial charge in [-0.05, 0) is 19.1 Å². The SMILES string of the molecule is CC(C(=O)O)C(=O)Nc1ccc(C(F)(F)F)nc1. The number of pyridine rings is 1. The molecule has 0 bridgehead atoms. The number of amides is 1. The number of carboxylic acid groups (broad SMARTS) is 1. The van der Waals surface area contributed by atoms with Gasteiger partial charge in [0.15, 0.2) is 0 Å². The third kappa shape index (κ3) is 3.44. The molecule has 0 aliphatic carbocycles. The predicted molar refractivity (Wildman–Crippen MR) is 54.7 cm³/mol. The number of nitrogens with one attached hydrogen (secondary N) is 1. The zero-order valence-electron chi connectivity index (χ0n) is 9.15. The number of hydrogen-bond donors (Lipinski definition) is 2. The van der Waals surface area contributed by atoms with Crippen molar-refractivity contribution in [3.8, 4) is 0 Å². The molecule has 0 radical (unpaired) electrons. The Balaban J connectivity index is 2.76. The first-order valence-corrected chi connectivity index (χ1v) is 4.78. The Bertz CT molecular complexity index is 456. The third-order valence-electron chi connectivity index (χ3n) is 2.09. The van der Waals surface area contributed by atoms with Crippen molar-refractivity contribution < 1.29 is 27.9 Å². The normalized spacial score (nSPS) is 12.9. The van der Waals surface area contributed by atoms with Gasteiger partial charge in [-0.1, -0.05) is 0 Å². The molecule has 1 aromatic rings. The summed E-state index contributed by atoms with van der Waals surface area (Å²) in [4.78, 5) is 24.9. The Morgan fingerprint density at radius 2 is 2.00 bits per heavy atom. The van der Waals surface area contributed by atoms with E-state index in [-0.39, 0.29) is 5.69 Å². The highest BCUT2D eigenvalue weighted by molar-refractivity contribution is 6.03. The van der Waals surface area contributed by atoms with Crippen LogP contribution in [0.25, 0.3) is 0 Å². The molecule has 1 atom stereocenters. The molecule has 0 fully saturated rings. The van der Waals surface area contributed by atoms with E-state index < -0.39 is 29.7 Å². The summed E-state index contributed by atoms with van der Waals surface area (Å²) >= 11 is 0. The van der Waals surface area contributed by atoms with Crippen LogP contribution in [0.3, 0.4) is 0 Å². The number of aliphatic carboxylic acids is 1. The van der Waals surface area contributed by atoms with E-state index in [1.54, 1.807) is 0 Å². The number of alkyl halides is 3. The number of aromatic nitrogens is 1. The van der Waals surface area contributed by atoms with Gasteiger partial charge in [0.1, 0.15) is 11.6 Å². The number of rotatable bonds is 3. The van der Waals surface area contributed by atoms with Crippen molar-refractivity contribution in [2.75, 3.05) is 5.32 Å². The monoisotopic (exact) mass is 262 g/mol. The Hall–Kier alpha value is -2.12. The molecule has 18 heavy (non-hydrogen) atoms. The standard InChI is InChI=1S/C10H9F3N2O3/c1-5(9(17)18)8(16)15-6-2-3-7(14-4-6)10(11,12)13/h2-5H,1H3,(H,15,16)(H,17,18). The van der Waals surface area contributed by atoms with Crippen molar-refractivity contribution in [2.45, 2.75) is 13.1 Å². The molecule has 1 aromatic heterocycles. The number of hydrogen-bond acceptors (Lipinski definition) is 3. The number of halogens is 3. The van der Waals surface area contributed by atoms with E-state index in [4.69, 9.17) is 5.11 Å². The highest BCUT2D eigenvalue weighted by atomic mass is 19.4. The molecule has 0 saturated carbocycles. The van der Waals surface area contributed by atoms with Crippen molar-refractivity contribution in [1.82, 2.24) is 4.98 Å². The predicted octanol–water partition coefficient (Wildman–Crippen LogP) is 1.76. The minimum atomic E-state index is -4.56. The van der Waals surface area contributed by atoms with Gasteiger partial charge in [0.2, 0.25) is 5.91 Å². The lowest BCUT2D eigenvalue weighted by Crippen LogP contribution is -2.27. The zero-order chi connectivity index (χ0) is 13.9. The minimum absolute atomic E-state index is 0.00102. The van der Waals surface area contributed by atoms with Gasteiger partial charge in [-0.15, -0.1) is 0 Å². The second kappa shape index (κ2) is 5.03. The van der Waals surface area contributed by atoms with Crippen molar-refractivity contribution >= 4 is 17.6 Å². The van der Waals surface area contributed by atoms with Gasteiger partial charge in [-0.2, -0.15) is 13.2 Å². The van der Waals surface area contributed by atoms with E-state index in [9.17, 15) is 22.8 Å². The fraction of sp³-hybridized carbons (Fsp3) is 0.300. The molecule has 1 amide bonds. The average Bonchev–Trinajstić information content (AvgIpc) is 2.27. The van der Waals surface area contributed by atoms with Gasteiger partial charge in [0.05, 0.1) is 11.9 Å². The lowest BCUT2D eigenvalue weighted by atomic mass is 10.1. The first kappa shape index (κ1) is 13.9. The summed E-state index contributed by atoms with van der Waals surface area (Å²) in [7, 11) is 0. The van der Waals surface area contributed by atoms with E-state index >= 15 is 0 Å². The zero-order valence-corrected chi connectivity index (χ0v) is 9.15. The first-order chi connectivity index (χ1) is 8.21. The van der Waals surface area contributed by atoms with Crippen LogP contribution >= 0.6 is 0 Å². The Morgan fingerprint density at radius 1 is 1.39 bits per heavy atom. The molecular weight excluding hydrogens is 253 g/mol. The van der Waals surface area contributed by atoms with Crippen LogP contribution in [-0.2, 0) is 15.8 Å². The number of nitrogens with zero attached hydrogens (tertiary/aromatic N) is 1. The summed E-state index contributed by atoms with van der Waals surface area (Å²) in [6.45, 7) is 1.16. The van der Waals surface area contributed by atoms with Gasteiger partial charge in [0, 0.05) is 0 Å². The van der Waals surface area contributed by atoms with E-state index in [0.29, 0.717) is 6.07 Å². The van der Waals surface area contributed by atoms with Crippen LogP contribution in [0, 0.1) is 5.92 Å². The summed E-state index contributed by atoms with van der Waals surface area (Å²) in [5.74, 6) is -3.45. The summed E-state index contributed by atoms with van der Waals surface area (Å²) in [6.07, 6.45) is -3.74. The van der Waals surface area contributed by atoms with E-state index in [1.807, 2.05) is 0 Å². The van der Waals surface area contributed by atoms with Crippen molar-refractivity contribution in [2.24, 2.45) is 5.92 Å². The van der Waals surface area contributed by atoms with E-state index in [2.05, 4.69) is 10.3 Å². The van der Waals surface area contributed by atoms with Crippen LogP contribution in [-0.4, -0.2) is 22.0 Å². The van der Waals surface area contributed by atoms with Crippen molar-refractivity contribution in [3.05, 3.63) is 24.0 Å². The maximum absolute atomic E-state index is 12.2. The fourth-order valence-corrected chi connectivity index (χ4v) is 0.998. The van der Waals surface area contributed by atoms with Gasteiger partial charge in [-0.3, -0.25) is 9.59 Å². The molecule has 5 nitrogen and oxygen atoms in total. The largest absolute Gasteiger partial charge is 0.481 e. The second-order valence-corrected chi connectivity index (χ2v) is 3.48. The highest BCUT2D eigenvalue weighted by Crippen LogP contribution is 2.27. The van der Waals surface area contributed by atoms with Crippen LogP contribution in [0.4, 0.5) is 18.9 Å². The quantitative estimate of drug-likeness (QED) is 0.813. The topological polar surface area (TPSA) is 79.3 Å². The van der Waals surface area contributed by atoms with Crippen LogP contribution in [0.5, 0.6) is 0 Å². The molecule has 0 spiro atoms. The fourth-order valence-electron chi connectivity index (χ4n) is 0.998. The lowest BCUT2D eigenvalue weighted by Gasteiger charge is -2.09. The highest BCUT2D eigenvalue weighted by Gasteiger charge is 2.32. The van der Waals surface area contributed by atoms with Crippen molar-refractivity contribution in [1.29, 1.82) is 0 Å². The molecule has 98 valence electrons. The lowest BCUT2D eigenvalue weighted by molar-refractivity contribution is -0.144. The summed E-state index contributed by atoms with van der Waals surface area (Å²) in [6, 6.07) is 1.70. The number of carbonyl (C=O) groups excluding carboxylic acids is 1. The first-order valence-electron chi connectivity index (χ1n) is 4.78. The number of carbonyl (C=O) groups is 2. The third-order valence-corrected chi connectivity index (χ3v) is 2.09. The van der Waals surface area contributed by atoms with Gasteiger partial charge in [-0.25, -0.2) is 4.98 Å². The second-order valence-electron chi connectivity index (χ2n) is 3.48. The van der Waals surface area contributed by atoms with Crippen LogP contribution < -0.4 is 5.32 Å². The van der Waals surface area contributed by atoms with Gasteiger partial charge < -0.3 is 10.4 Å². The maximum Gasteiger partial charge on any atom is 0.433 e. The molecule has 0 aliphatic rings. The Morgan fingerprint density at radius 3 is 2.39 bits per heavy atom. The van der Waals surface area contributed by atoms with E-state index in [1.165, 1.54) is 0 Å². The molecular formula is C10H9F3N2O3. The minimum Gasteiger partial charge on any atom is -0.481 e. The van der Waals surface area contributed by atoms with Crippen LogP contribution in [0.1, 0.15) is 12.6 Å². The van der Waals surface area contributed by atoms with Crippen molar-refractivity contribution in [3.63, 3.8) is 0 Å². The smallest absolute Gasteiger partial charge is 0.433 e. The molecule has 0 saturated heterocycles. The molecule has 1 unspecified atom stereocenters. The molecule has 8 heteroatoms. The summed E-state index contributed by atoms with van der Waals surface area (Å²) < 4.78 is 36.6. The number of anilines is 1. The van der Waals surface area contributed by atoms with Crippen LogP contribution in [0.2, 0.25) is 0 Å². The molecule has 1 heterocycles. The molecule has 0 aliphatic heterocycles. The molecule has 2 N–H and O–H groups in total. The van der Waals surface area contributed by atoms with Crippen LogP contribution in [0.15, 0.2) is 18.3 Å². The molecule has 0 aromatic carbocycles.